The highest BCUT2D eigenvalue weighted by atomic mass is 16.5. The van der Waals surface area contributed by atoms with E-state index in [0.29, 0.717) is 5.82 Å². The lowest BCUT2D eigenvalue weighted by atomic mass is 10.0. The van der Waals surface area contributed by atoms with Crippen molar-refractivity contribution in [3.8, 4) is 68.0 Å². The molecule has 7 nitrogen and oxygen atoms in total. The zero-order chi connectivity index (χ0) is 46.1. The van der Waals surface area contributed by atoms with Gasteiger partial charge in [-0.3, -0.25) is 4.98 Å². The third kappa shape index (κ3) is 6.48. The van der Waals surface area contributed by atoms with Crippen LogP contribution >= 0.6 is 0 Å². The number of aromatic nitrogens is 5. The molecule has 1 aliphatic heterocycles. The molecule has 0 saturated carbocycles. The molecular weight excluding hydrogens is 857 g/mol. The van der Waals surface area contributed by atoms with E-state index < -0.39 is 0 Å². The van der Waals surface area contributed by atoms with Gasteiger partial charge >= 0.3 is 0 Å². The van der Waals surface area contributed by atoms with Gasteiger partial charge in [-0.2, -0.15) is 0 Å². The van der Waals surface area contributed by atoms with Crippen molar-refractivity contribution >= 4 is 60.7 Å². The summed E-state index contributed by atoms with van der Waals surface area (Å²) in [5, 5.41) is 4.74. The fraction of sp³-hybridized carbons (Fsp3) is 0. The normalized spacial score (nSPS) is 12.1. The van der Waals surface area contributed by atoms with Crippen molar-refractivity contribution in [3.63, 3.8) is 0 Å². The average Bonchev–Trinajstić information content (AvgIpc) is 3.95. The van der Waals surface area contributed by atoms with Gasteiger partial charge in [-0.1, -0.05) is 146 Å². The molecule has 0 aliphatic carbocycles. The van der Waals surface area contributed by atoms with E-state index >= 15 is 0 Å². The van der Waals surface area contributed by atoms with Crippen LogP contribution in [0.1, 0.15) is 0 Å². The minimum atomic E-state index is 0.657. The van der Waals surface area contributed by atoms with Crippen LogP contribution in [0.4, 0.5) is 17.1 Å². The molecule has 0 bridgehead atoms. The summed E-state index contributed by atoms with van der Waals surface area (Å²) in [7, 11) is 0. The van der Waals surface area contributed by atoms with Crippen LogP contribution in [0.15, 0.2) is 243 Å². The quantitative estimate of drug-likeness (QED) is 0.159. The fourth-order valence-corrected chi connectivity index (χ4v) is 10.3. The predicted molar refractivity (Wildman–Crippen MR) is 285 cm³/mol. The van der Waals surface area contributed by atoms with Gasteiger partial charge < -0.3 is 18.8 Å². The molecule has 0 radical (unpaired) electrons. The van der Waals surface area contributed by atoms with Gasteiger partial charge in [0.05, 0.1) is 50.5 Å². The molecule has 0 fully saturated rings. The minimum absolute atomic E-state index is 0.657. The van der Waals surface area contributed by atoms with Gasteiger partial charge in [-0.05, 0) is 96.6 Å². The van der Waals surface area contributed by atoms with Crippen molar-refractivity contribution < 1.29 is 4.74 Å². The lowest BCUT2D eigenvalue weighted by Gasteiger charge is -2.32. The molecule has 0 amide bonds. The molecule has 13 aromatic rings. The van der Waals surface area contributed by atoms with E-state index in [4.69, 9.17) is 19.7 Å². The molecule has 7 heteroatoms. The van der Waals surface area contributed by atoms with Gasteiger partial charge in [-0.15, -0.1) is 0 Å². The maximum Gasteiger partial charge on any atom is 0.160 e. The number of benzene rings is 9. The smallest absolute Gasteiger partial charge is 0.160 e. The molecule has 4 aromatic heterocycles. The highest BCUT2D eigenvalue weighted by Gasteiger charge is 2.26. The first-order valence-corrected chi connectivity index (χ1v) is 23.5. The Morgan fingerprint density at radius 2 is 0.829 bits per heavy atom. The molecule has 0 atom stereocenters. The van der Waals surface area contributed by atoms with Gasteiger partial charge in [0, 0.05) is 61.5 Å². The molecule has 14 rings (SSSR count). The average molecular weight is 897 g/mol. The first-order chi connectivity index (χ1) is 34.7. The molecule has 70 heavy (non-hydrogen) atoms. The van der Waals surface area contributed by atoms with Crippen LogP contribution in [0, 0.1) is 0 Å². The minimum Gasteiger partial charge on any atom is -0.453 e. The van der Waals surface area contributed by atoms with Crippen LogP contribution in [0.2, 0.25) is 0 Å². The summed E-state index contributed by atoms with van der Waals surface area (Å²) in [6.45, 7) is 0. The summed E-state index contributed by atoms with van der Waals surface area (Å²) in [6.07, 6.45) is 1.98. The van der Waals surface area contributed by atoms with Crippen LogP contribution < -0.4 is 9.64 Å². The lowest BCUT2D eigenvalue weighted by molar-refractivity contribution is 0.477. The van der Waals surface area contributed by atoms with Crippen molar-refractivity contribution in [2.45, 2.75) is 0 Å². The van der Waals surface area contributed by atoms with E-state index in [9.17, 15) is 0 Å². The Balaban J connectivity index is 0.958. The van der Waals surface area contributed by atoms with Crippen molar-refractivity contribution in [1.29, 1.82) is 0 Å². The number of pyridine rings is 1. The largest absolute Gasteiger partial charge is 0.453 e. The van der Waals surface area contributed by atoms with Gasteiger partial charge in [0.25, 0.3) is 0 Å². The Hall–Kier alpha value is -9.59. The van der Waals surface area contributed by atoms with Crippen molar-refractivity contribution in [1.82, 2.24) is 24.1 Å². The van der Waals surface area contributed by atoms with Crippen LogP contribution in [0.25, 0.3) is 100 Å². The van der Waals surface area contributed by atoms with Crippen LogP contribution in [-0.2, 0) is 0 Å². The molecule has 0 saturated heterocycles. The highest BCUT2D eigenvalue weighted by molar-refractivity contribution is 6.12. The van der Waals surface area contributed by atoms with E-state index in [2.05, 4.69) is 172 Å². The van der Waals surface area contributed by atoms with Gasteiger partial charge in [-0.25, -0.2) is 9.97 Å². The Kier molecular flexibility index (Phi) is 9.07. The van der Waals surface area contributed by atoms with Crippen molar-refractivity contribution in [2.24, 2.45) is 0 Å². The van der Waals surface area contributed by atoms with Crippen LogP contribution in [0.5, 0.6) is 11.5 Å². The molecule has 0 N–H and O–H groups in total. The summed E-state index contributed by atoms with van der Waals surface area (Å²) >= 11 is 0. The zero-order valence-corrected chi connectivity index (χ0v) is 37.7. The monoisotopic (exact) mass is 896 g/mol. The first kappa shape index (κ1) is 39.6. The number of para-hydroxylation sites is 7. The van der Waals surface area contributed by atoms with E-state index in [0.717, 1.165) is 107 Å². The predicted octanol–water partition coefficient (Wildman–Crippen LogP) is 16.3. The summed E-state index contributed by atoms with van der Waals surface area (Å²) in [5.41, 5.74) is 16.0. The molecular formula is C63H40N6O. The second-order valence-corrected chi connectivity index (χ2v) is 17.7. The Bertz CT molecular complexity index is 4000. The van der Waals surface area contributed by atoms with Crippen molar-refractivity contribution in [3.05, 3.63) is 243 Å². The summed E-state index contributed by atoms with van der Waals surface area (Å²) < 4.78 is 11.2. The number of rotatable bonds is 7. The lowest BCUT2D eigenvalue weighted by Crippen LogP contribution is -2.15. The number of hydrogen-bond acceptors (Lipinski definition) is 5. The van der Waals surface area contributed by atoms with E-state index in [-0.39, 0.29) is 0 Å². The summed E-state index contributed by atoms with van der Waals surface area (Å²) in [6, 6.07) is 83.0. The maximum atomic E-state index is 6.41. The van der Waals surface area contributed by atoms with E-state index in [1.807, 2.05) is 85.1 Å². The number of hydrogen-bond donors (Lipinski definition) is 0. The van der Waals surface area contributed by atoms with E-state index in [1.54, 1.807) is 0 Å². The first-order valence-electron chi connectivity index (χ1n) is 23.5. The van der Waals surface area contributed by atoms with Gasteiger partial charge in [0.1, 0.15) is 0 Å². The maximum absolute atomic E-state index is 6.41. The number of anilines is 3. The Labute approximate surface area is 403 Å². The standard InChI is InChI=1S/C63H40N6O/c1-3-17-41(18-4-1)53-39-54(66-63(65-53)42-19-5-2-6-20-42)52-33-31-43(40-64-52)44-35-46(68-55-24-10-7-21-48(55)49-22-8-11-25-56(49)68)37-47(36-44)69-57-26-12-9-23-50(57)51-38-45(32-34-58(51)69)67-59-27-13-15-29-61(59)70-62-30-16-14-28-60(62)67/h1-40H. The van der Waals surface area contributed by atoms with Crippen LogP contribution in [-0.4, -0.2) is 24.1 Å². The van der Waals surface area contributed by atoms with E-state index in [1.165, 1.54) is 16.2 Å². The Morgan fingerprint density at radius 3 is 1.43 bits per heavy atom. The van der Waals surface area contributed by atoms with Gasteiger partial charge in [0.2, 0.25) is 0 Å². The van der Waals surface area contributed by atoms with Crippen molar-refractivity contribution in [2.75, 3.05) is 4.90 Å². The molecule has 328 valence electrons. The zero-order valence-electron chi connectivity index (χ0n) is 37.7. The molecule has 9 aromatic carbocycles. The van der Waals surface area contributed by atoms with Crippen LogP contribution in [0.3, 0.4) is 0 Å². The third-order valence-electron chi connectivity index (χ3n) is 13.5. The number of nitrogens with zero attached hydrogens (tertiary/aromatic N) is 6. The molecule has 5 heterocycles. The third-order valence-corrected chi connectivity index (χ3v) is 13.5. The highest BCUT2D eigenvalue weighted by Crippen LogP contribution is 2.51. The molecule has 1 aliphatic rings. The SMILES string of the molecule is c1ccc(-c2cc(-c3ccc(-c4cc(-n5c6ccccc6c6ccccc65)cc(-n5c6ccccc6c6cc(N7c8ccccc8Oc8ccccc87)ccc65)c4)cn3)nc(-c3ccccc3)n2)cc1. The second-order valence-electron chi connectivity index (χ2n) is 17.7. The topological polar surface area (TPSA) is 61.0 Å². The number of fused-ring (bicyclic) bond motifs is 8. The Morgan fingerprint density at radius 1 is 0.314 bits per heavy atom. The summed E-state index contributed by atoms with van der Waals surface area (Å²) in [5.74, 6) is 2.31. The molecule has 0 spiro atoms. The fourth-order valence-electron chi connectivity index (χ4n) is 10.3. The van der Waals surface area contributed by atoms with Gasteiger partial charge in [0.15, 0.2) is 17.3 Å². The molecule has 0 unspecified atom stereocenters. The summed E-state index contributed by atoms with van der Waals surface area (Å²) in [4.78, 5) is 17.6. The number of ether oxygens (including phenoxy) is 1. The second kappa shape index (κ2) is 16.0.